The molecule has 0 radical (unpaired) electrons. The first-order valence-electron chi connectivity index (χ1n) is 7.61. The Labute approximate surface area is 134 Å². The third-order valence-corrected chi connectivity index (χ3v) is 4.06. The fourth-order valence-electron chi connectivity index (χ4n) is 2.56. The van der Waals surface area contributed by atoms with E-state index < -0.39 is 5.97 Å². The van der Waals surface area contributed by atoms with Crippen molar-refractivity contribution < 1.29 is 14.7 Å². The molecule has 0 bridgehead atoms. The smallest absolute Gasteiger partial charge is 0.354 e. The third-order valence-electron chi connectivity index (χ3n) is 4.06. The van der Waals surface area contributed by atoms with Crippen molar-refractivity contribution in [1.29, 1.82) is 0 Å². The topological polar surface area (TPSA) is 79.3 Å². The third kappa shape index (κ3) is 3.56. The van der Waals surface area contributed by atoms with Gasteiger partial charge in [0.15, 0.2) is 0 Å². The van der Waals surface area contributed by atoms with Crippen molar-refractivity contribution in [3.05, 3.63) is 65.0 Å². The summed E-state index contributed by atoms with van der Waals surface area (Å²) in [6.45, 7) is 2.03. The Morgan fingerprint density at radius 2 is 1.87 bits per heavy atom. The van der Waals surface area contributed by atoms with Crippen LogP contribution >= 0.6 is 0 Å². The molecule has 1 amide bonds. The summed E-state index contributed by atoms with van der Waals surface area (Å²) in [5, 5.41) is 11.9. The average Bonchev–Trinajstić information content (AvgIpc) is 3.38. The van der Waals surface area contributed by atoms with Gasteiger partial charge in [-0.25, -0.2) is 9.78 Å². The fourth-order valence-corrected chi connectivity index (χ4v) is 2.56. The summed E-state index contributed by atoms with van der Waals surface area (Å²) in [4.78, 5) is 27.0. The number of carboxylic acid groups (broad SMARTS) is 1. The van der Waals surface area contributed by atoms with Gasteiger partial charge in [-0.3, -0.25) is 4.79 Å². The first kappa shape index (κ1) is 15.2. The summed E-state index contributed by atoms with van der Waals surface area (Å²) in [5.41, 5.74) is 2.58. The lowest BCUT2D eigenvalue weighted by molar-refractivity contribution is 0.0689. The van der Waals surface area contributed by atoms with Crippen LogP contribution in [-0.4, -0.2) is 22.0 Å². The largest absolute Gasteiger partial charge is 0.477 e. The van der Waals surface area contributed by atoms with Crippen molar-refractivity contribution in [3.8, 4) is 0 Å². The predicted octanol–water partition coefficient (Wildman–Crippen LogP) is 2.97. The van der Waals surface area contributed by atoms with Crippen LogP contribution in [0.5, 0.6) is 0 Å². The molecular formula is C18H18N2O3. The number of rotatable bonds is 5. The zero-order chi connectivity index (χ0) is 16.4. The SMILES string of the molecule is Cc1ccc(C(NC(=O)c2ccc(C(=O)O)nc2)C2CC2)cc1. The molecule has 1 heterocycles. The lowest BCUT2D eigenvalue weighted by Gasteiger charge is -2.19. The van der Waals surface area contributed by atoms with Gasteiger partial charge < -0.3 is 10.4 Å². The van der Waals surface area contributed by atoms with Crippen LogP contribution in [0.25, 0.3) is 0 Å². The second kappa shape index (κ2) is 6.20. The number of carbonyl (C=O) groups is 2. The van der Waals surface area contributed by atoms with Crippen molar-refractivity contribution in [1.82, 2.24) is 10.3 Å². The molecule has 5 nitrogen and oxygen atoms in total. The van der Waals surface area contributed by atoms with Crippen molar-refractivity contribution in [2.45, 2.75) is 25.8 Å². The van der Waals surface area contributed by atoms with E-state index in [0.29, 0.717) is 11.5 Å². The van der Waals surface area contributed by atoms with Gasteiger partial charge in [0.05, 0.1) is 11.6 Å². The highest BCUT2D eigenvalue weighted by Gasteiger charge is 2.33. The molecule has 1 aliphatic rings. The Morgan fingerprint density at radius 3 is 2.39 bits per heavy atom. The number of nitrogens with one attached hydrogen (secondary N) is 1. The van der Waals surface area contributed by atoms with Gasteiger partial charge in [0.2, 0.25) is 0 Å². The molecule has 1 aromatic carbocycles. The van der Waals surface area contributed by atoms with E-state index in [2.05, 4.69) is 10.3 Å². The second-order valence-corrected chi connectivity index (χ2v) is 5.94. The number of pyridine rings is 1. The summed E-state index contributed by atoms with van der Waals surface area (Å²) < 4.78 is 0. The molecular weight excluding hydrogens is 292 g/mol. The number of aromatic carboxylic acids is 1. The molecule has 3 rings (SSSR count). The Kier molecular flexibility index (Phi) is 4.10. The van der Waals surface area contributed by atoms with Gasteiger partial charge in [-0.1, -0.05) is 29.8 Å². The molecule has 1 unspecified atom stereocenters. The van der Waals surface area contributed by atoms with Crippen LogP contribution in [0.15, 0.2) is 42.6 Å². The van der Waals surface area contributed by atoms with Crippen LogP contribution in [0.1, 0.15) is 50.9 Å². The Bertz CT molecular complexity index is 719. The van der Waals surface area contributed by atoms with E-state index in [1.54, 1.807) is 0 Å². The van der Waals surface area contributed by atoms with Gasteiger partial charge in [-0.2, -0.15) is 0 Å². The standard InChI is InChI=1S/C18H18N2O3/c1-11-2-4-12(5-3-11)16(13-6-7-13)20-17(21)14-8-9-15(18(22)23)19-10-14/h2-5,8-10,13,16H,6-7H2,1H3,(H,20,21)(H,22,23). The van der Waals surface area contributed by atoms with Crippen LogP contribution < -0.4 is 5.32 Å². The van der Waals surface area contributed by atoms with E-state index in [1.807, 2.05) is 31.2 Å². The minimum Gasteiger partial charge on any atom is -0.477 e. The van der Waals surface area contributed by atoms with Gasteiger partial charge in [-0.15, -0.1) is 0 Å². The van der Waals surface area contributed by atoms with Gasteiger partial charge >= 0.3 is 5.97 Å². The van der Waals surface area contributed by atoms with Crippen LogP contribution in [0, 0.1) is 12.8 Å². The molecule has 1 atom stereocenters. The monoisotopic (exact) mass is 310 g/mol. The van der Waals surface area contributed by atoms with E-state index in [0.717, 1.165) is 18.4 Å². The Hall–Kier alpha value is -2.69. The molecule has 1 fully saturated rings. The van der Waals surface area contributed by atoms with Crippen molar-refractivity contribution in [2.75, 3.05) is 0 Å². The van der Waals surface area contributed by atoms with Crippen molar-refractivity contribution >= 4 is 11.9 Å². The number of benzene rings is 1. The number of aromatic nitrogens is 1. The number of amides is 1. The number of hydrogen-bond acceptors (Lipinski definition) is 3. The van der Waals surface area contributed by atoms with E-state index in [9.17, 15) is 9.59 Å². The highest BCUT2D eigenvalue weighted by Crippen LogP contribution is 2.41. The molecule has 1 saturated carbocycles. The summed E-state index contributed by atoms with van der Waals surface area (Å²) in [6, 6.07) is 11.0. The minimum absolute atomic E-state index is 0.0118. The number of carbonyl (C=O) groups excluding carboxylic acids is 1. The highest BCUT2D eigenvalue weighted by atomic mass is 16.4. The maximum atomic E-state index is 12.4. The fraction of sp³-hybridized carbons (Fsp3) is 0.278. The van der Waals surface area contributed by atoms with Crippen molar-refractivity contribution in [2.24, 2.45) is 5.92 Å². The van der Waals surface area contributed by atoms with Gasteiger partial charge in [0.25, 0.3) is 5.91 Å². The molecule has 0 spiro atoms. The zero-order valence-corrected chi connectivity index (χ0v) is 12.8. The number of hydrogen-bond donors (Lipinski definition) is 2. The Balaban J connectivity index is 1.76. The summed E-state index contributed by atoms with van der Waals surface area (Å²) >= 11 is 0. The molecule has 1 aromatic heterocycles. The van der Waals surface area contributed by atoms with Crippen LogP contribution in [0.2, 0.25) is 0 Å². The van der Waals surface area contributed by atoms with E-state index in [1.165, 1.54) is 23.9 Å². The Morgan fingerprint density at radius 1 is 1.17 bits per heavy atom. The predicted molar refractivity (Wildman–Crippen MR) is 85.3 cm³/mol. The molecule has 5 heteroatoms. The summed E-state index contributed by atoms with van der Waals surface area (Å²) in [7, 11) is 0. The first-order chi connectivity index (χ1) is 11.0. The number of nitrogens with zero attached hydrogens (tertiary/aromatic N) is 1. The van der Waals surface area contributed by atoms with Crippen LogP contribution in [0.4, 0.5) is 0 Å². The number of aryl methyl sites for hydroxylation is 1. The molecule has 1 aliphatic carbocycles. The maximum Gasteiger partial charge on any atom is 0.354 e. The van der Waals surface area contributed by atoms with E-state index in [4.69, 9.17) is 5.11 Å². The first-order valence-corrected chi connectivity index (χ1v) is 7.61. The van der Waals surface area contributed by atoms with Gasteiger partial charge in [0, 0.05) is 6.20 Å². The zero-order valence-electron chi connectivity index (χ0n) is 12.8. The van der Waals surface area contributed by atoms with Crippen molar-refractivity contribution in [3.63, 3.8) is 0 Å². The highest BCUT2D eigenvalue weighted by molar-refractivity contribution is 5.95. The average molecular weight is 310 g/mol. The van der Waals surface area contributed by atoms with Crippen LogP contribution in [0.3, 0.4) is 0 Å². The normalized spacial score (nSPS) is 15.0. The molecule has 23 heavy (non-hydrogen) atoms. The second-order valence-electron chi connectivity index (χ2n) is 5.94. The molecule has 2 aromatic rings. The molecule has 118 valence electrons. The van der Waals surface area contributed by atoms with Crippen LogP contribution in [-0.2, 0) is 0 Å². The minimum atomic E-state index is -1.10. The van der Waals surface area contributed by atoms with Gasteiger partial charge in [-0.05, 0) is 43.4 Å². The maximum absolute atomic E-state index is 12.4. The summed E-state index contributed by atoms with van der Waals surface area (Å²) in [6.07, 6.45) is 3.52. The molecule has 0 aliphatic heterocycles. The van der Waals surface area contributed by atoms with E-state index in [-0.39, 0.29) is 17.6 Å². The lowest BCUT2D eigenvalue weighted by Crippen LogP contribution is -2.30. The van der Waals surface area contributed by atoms with E-state index >= 15 is 0 Å². The molecule has 2 N–H and O–H groups in total. The lowest BCUT2D eigenvalue weighted by atomic mass is 10.0. The quantitative estimate of drug-likeness (QED) is 0.890. The molecule has 0 saturated heterocycles. The summed E-state index contributed by atoms with van der Waals surface area (Å²) in [5.74, 6) is -0.868. The number of carboxylic acids is 1. The van der Waals surface area contributed by atoms with Gasteiger partial charge in [0.1, 0.15) is 5.69 Å².